The van der Waals surface area contributed by atoms with Crippen LogP contribution in [0, 0.1) is 11.3 Å². The van der Waals surface area contributed by atoms with Gasteiger partial charge in [-0.05, 0) is 74.1 Å². The van der Waals surface area contributed by atoms with Gasteiger partial charge in [0.25, 0.3) is 5.91 Å². The molecule has 0 aliphatic carbocycles. The highest BCUT2D eigenvalue weighted by Crippen LogP contribution is 2.39. The summed E-state index contributed by atoms with van der Waals surface area (Å²) in [7, 11) is 0. The van der Waals surface area contributed by atoms with E-state index in [0.29, 0.717) is 58.8 Å². The number of fused-ring (bicyclic) bond motifs is 2. The standard InChI is InChI=1S/C40H41N5O8S2/c1-40(2,3)53-39(49)42-20-12-6-11-17-31(46)44-33-36(47)45-34(38(48)52-35(25-13-7-4-8-14-25)26-15-9-5-10-16-26)27(24-55(50)37(33)45)23-51-28-18-19-29-30(21-28)54-32(22-41)43-29/h4-5,7-10,13-16,18-19,21,33,35,37H,6,11-12,17,20,23-24H2,1-3H3,(H,42,49)(H,44,46). The lowest BCUT2D eigenvalue weighted by atomic mass is 10.0. The van der Waals surface area contributed by atoms with Gasteiger partial charge in [-0.2, -0.15) is 5.26 Å². The minimum atomic E-state index is -1.70. The van der Waals surface area contributed by atoms with Gasteiger partial charge in [0.2, 0.25) is 11.3 Å². The molecule has 3 aromatic carbocycles. The van der Waals surface area contributed by atoms with Crippen molar-refractivity contribution in [1.82, 2.24) is 20.5 Å². The van der Waals surface area contributed by atoms with Gasteiger partial charge in [0.05, 0.1) is 10.2 Å². The number of alkyl carbamates (subject to hydrolysis) is 1. The summed E-state index contributed by atoms with van der Waals surface area (Å²) in [5.74, 6) is -1.43. The number of thiazole rings is 1. The second-order valence-corrected chi connectivity index (χ2v) is 16.6. The molecule has 1 saturated heterocycles. The zero-order valence-electron chi connectivity index (χ0n) is 30.6. The summed E-state index contributed by atoms with van der Waals surface area (Å²) in [6, 6.07) is 24.5. The van der Waals surface area contributed by atoms with Gasteiger partial charge < -0.3 is 29.4 Å². The maximum absolute atomic E-state index is 14.3. The lowest BCUT2D eigenvalue weighted by molar-refractivity contribution is -0.155. The fraction of sp³-hybridized carbons (Fsp3) is 0.350. The number of aromatic nitrogens is 1. The number of rotatable bonds is 14. The van der Waals surface area contributed by atoms with Gasteiger partial charge in [0.15, 0.2) is 17.2 Å². The van der Waals surface area contributed by atoms with E-state index in [1.165, 1.54) is 16.2 Å². The number of carbonyl (C=O) groups is 4. The van der Waals surface area contributed by atoms with E-state index in [2.05, 4.69) is 15.6 Å². The van der Waals surface area contributed by atoms with Crippen LogP contribution in [0.1, 0.15) is 68.7 Å². The normalized spacial score (nSPS) is 17.9. The lowest BCUT2D eigenvalue weighted by Crippen LogP contribution is -2.75. The molecule has 2 aliphatic rings. The number of esters is 1. The SMILES string of the molecule is CC(C)(C)OC(=O)NCCCCCC(=O)NC1C(=O)N2C(C(=O)OC(c3ccccc3)c3ccccc3)=C(COc3ccc4nc(C#N)sc4c3)C[S+]([O-])C12. The lowest BCUT2D eigenvalue weighted by Gasteiger charge is -2.49. The first kappa shape index (κ1) is 39.3. The van der Waals surface area contributed by atoms with Crippen LogP contribution >= 0.6 is 11.3 Å². The van der Waals surface area contributed by atoms with Gasteiger partial charge in [0.1, 0.15) is 35.5 Å². The Bertz CT molecular complexity index is 2070. The Kier molecular flexibility index (Phi) is 12.4. The monoisotopic (exact) mass is 783 g/mol. The summed E-state index contributed by atoms with van der Waals surface area (Å²) in [6.45, 7) is 5.56. The van der Waals surface area contributed by atoms with Gasteiger partial charge in [-0.1, -0.05) is 67.1 Å². The molecule has 3 heterocycles. The molecule has 3 unspecified atom stereocenters. The number of benzene rings is 3. The van der Waals surface area contributed by atoms with Crippen LogP contribution in [0.25, 0.3) is 10.2 Å². The van der Waals surface area contributed by atoms with E-state index in [1.807, 2.05) is 66.7 Å². The van der Waals surface area contributed by atoms with Crippen molar-refractivity contribution in [3.8, 4) is 11.8 Å². The number of β-lactam (4-membered cyclic amide) rings is 1. The second kappa shape index (κ2) is 17.4. The number of hydrogen-bond acceptors (Lipinski definition) is 11. The number of nitrogens with zero attached hydrogens (tertiary/aromatic N) is 3. The Morgan fingerprint density at radius 3 is 2.38 bits per heavy atom. The Balaban J connectivity index is 1.17. The van der Waals surface area contributed by atoms with Gasteiger partial charge >= 0.3 is 12.1 Å². The van der Waals surface area contributed by atoms with Crippen molar-refractivity contribution < 1.29 is 37.9 Å². The number of nitrogens with one attached hydrogen (secondary N) is 2. The highest BCUT2D eigenvalue weighted by molar-refractivity contribution is 7.92. The van der Waals surface area contributed by atoms with E-state index < -0.39 is 52.3 Å². The minimum absolute atomic E-state index is 0.0694. The van der Waals surface area contributed by atoms with Crippen LogP contribution in [0.3, 0.4) is 0 Å². The van der Waals surface area contributed by atoms with E-state index in [-0.39, 0.29) is 30.4 Å². The molecule has 3 atom stereocenters. The number of unbranched alkanes of at least 4 members (excludes halogenated alkanes) is 2. The van der Waals surface area contributed by atoms with Crippen LogP contribution in [0.15, 0.2) is 90.1 Å². The number of nitriles is 1. The van der Waals surface area contributed by atoms with Crippen LogP contribution < -0.4 is 15.4 Å². The Morgan fingerprint density at radius 2 is 1.73 bits per heavy atom. The highest BCUT2D eigenvalue weighted by atomic mass is 32.2. The predicted molar refractivity (Wildman–Crippen MR) is 206 cm³/mol. The summed E-state index contributed by atoms with van der Waals surface area (Å²) < 4.78 is 32.0. The maximum atomic E-state index is 14.3. The van der Waals surface area contributed by atoms with Crippen molar-refractivity contribution in [2.75, 3.05) is 18.9 Å². The zero-order valence-corrected chi connectivity index (χ0v) is 32.2. The Hall–Kier alpha value is -5.43. The predicted octanol–water partition coefficient (Wildman–Crippen LogP) is 5.63. The summed E-state index contributed by atoms with van der Waals surface area (Å²) >= 11 is -0.486. The molecule has 286 valence electrons. The fourth-order valence-corrected chi connectivity index (χ4v) is 8.71. The third-order valence-corrected chi connectivity index (χ3v) is 11.3. The van der Waals surface area contributed by atoms with Crippen LogP contribution in [-0.4, -0.2) is 74.2 Å². The molecule has 2 N–H and O–H groups in total. The molecule has 6 rings (SSSR count). The number of amides is 3. The zero-order chi connectivity index (χ0) is 39.1. The summed E-state index contributed by atoms with van der Waals surface area (Å²) in [4.78, 5) is 58.3. The first-order valence-electron chi connectivity index (χ1n) is 17.8. The smallest absolute Gasteiger partial charge is 0.407 e. The van der Waals surface area contributed by atoms with Crippen molar-refractivity contribution in [2.45, 2.75) is 69.6 Å². The van der Waals surface area contributed by atoms with E-state index in [0.717, 1.165) is 4.70 Å². The van der Waals surface area contributed by atoms with Crippen molar-refractivity contribution in [3.63, 3.8) is 0 Å². The van der Waals surface area contributed by atoms with Crippen LogP contribution in [0.5, 0.6) is 5.75 Å². The van der Waals surface area contributed by atoms with E-state index in [9.17, 15) is 29.0 Å². The molecule has 55 heavy (non-hydrogen) atoms. The molecule has 0 radical (unpaired) electrons. The fourth-order valence-electron chi connectivity index (χ4n) is 6.25. The molecule has 13 nitrogen and oxygen atoms in total. The summed E-state index contributed by atoms with van der Waals surface area (Å²) in [5.41, 5.74) is 1.71. The quantitative estimate of drug-likeness (QED) is 0.0703. The van der Waals surface area contributed by atoms with Crippen molar-refractivity contribution in [1.29, 1.82) is 5.26 Å². The topological polar surface area (TPSA) is 183 Å². The molecule has 0 saturated carbocycles. The average molecular weight is 784 g/mol. The second-order valence-electron chi connectivity index (χ2n) is 14.0. The third kappa shape index (κ3) is 9.63. The summed E-state index contributed by atoms with van der Waals surface area (Å²) in [5, 5.41) is 14.0. The molecular formula is C40H41N5O8S2. The highest BCUT2D eigenvalue weighted by Gasteiger charge is 2.61. The molecule has 15 heteroatoms. The van der Waals surface area contributed by atoms with E-state index >= 15 is 0 Å². The number of ether oxygens (including phenoxy) is 3. The number of carbonyl (C=O) groups excluding carboxylic acids is 4. The Labute approximate surface area is 325 Å². The third-order valence-electron chi connectivity index (χ3n) is 8.76. The molecule has 2 aliphatic heterocycles. The largest absolute Gasteiger partial charge is 0.614 e. The van der Waals surface area contributed by atoms with Crippen molar-refractivity contribution in [3.05, 3.63) is 106 Å². The molecular weight excluding hydrogens is 743 g/mol. The Morgan fingerprint density at radius 1 is 1.04 bits per heavy atom. The van der Waals surface area contributed by atoms with Crippen molar-refractivity contribution in [2.24, 2.45) is 0 Å². The molecule has 3 amide bonds. The van der Waals surface area contributed by atoms with Gasteiger partial charge in [0, 0.05) is 18.5 Å². The molecule has 1 fully saturated rings. The molecule has 0 spiro atoms. The maximum Gasteiger partial charge on any atom is 0.407 e. The first-order chi connectivity index (χ1) is 26.4. The van der Waals surface area contributed by atoms with Gasteiger partial charge in [-0.15, -0.1) is 11.3 Å². The number of hydrogen-bond donors (Lipinski definition) is 2. The van der Waals surface area contributed by atoms with Crippen LogP contribution in [0.2, 0.25) is 0 Å². The average Bonchev–Trinajstić information content (AvgIpc) is 3.59. The van der Waals surface area contributed by atoms with Crippen molar-refractivity contribution >= 4 is 56.6 Å². The van der Waals surface area contributed by atoms with Crippen LogP contribution in [0.4, 0.5) is 4.79 Å². The first-order valence-corrected chi connectivity index (χ1v) is 20.0. The minimum Gasteiger partial charge on any atom is -0.614 e. The summed E-state index contributed by atoms with van der Waals surface area (Å²) in [6.07, 6.45) is 0.575. The molecule has 0 bridgehead atoms. The van der Waals surface area contributed by atoms with Gasteiger partial charge in [-0.25, -0.2) is 14.6 Å². The van der Waals surface area contributed by atoms with Crippen LogP contribution in [-0.2, 0) is 35.0 Å². The van der Waals surface area contributed by atoms with Gasteiger partial charge in [-0.3, -0.25) is 14.5 Å². The molecule has 1 aromatic heterocycles. The molecule has 4 aromatic rings. The van der Waals surface area contributed by atoms with E-state index in [1.54, 1.807) is 39.0 Å². The van der Waals surface area contributed by atoms with E-state index in [4.69, 9.17) is 14.2 Å².